The molecule has 0 spiro atoms. The van der Waals surface area contributed by atoms with Gasteiger partial charge in [0.25, 0.3) is 0 Å². The van der Waals surface area contributed by atoms with E-state index in [4.69, 9.17) is 11.6 Å². The number of carbonyl (C=O) groups is 1. The number of halogens is 1. The van der Waals surface area contributed by atoms with Crippen molar-refractivity contribution in [1.29, 1.82) is 0 Å². The van der Waals surface area contributed by atoms with E-state index in [9.17, 15) is 13.2 Å². The molecule has 2 atom stereocenters. The number of carbonyl (C=O) groups excluding carboxylic acids is 1. The lowest BCUT2D eigenvalue weighted by Crippen LogP contribution is -2.48. The monoisotopic (exact) mass is 422 g/mol. The third-order valence-electron chi connectivity index (χ3n) is 4.75. The van der Waals surface area contributed by atoms with Gasteiger partial charge in [-0.3, -0.25) is 9.10 Å². The molecule has 0 aromatic heterocycles. The smallest absolute Gasteiger partial charge is 0.244 e. The predicted octanol–water partition coefficient (Wildman–Crippen LogP) is 4.30. The van der Waals surface area contributed by atoms with Crippen LogP contribution in [0.25, 0.3) is 0 Å². The molecule has 0 aliphatic rings. The molecule has 0 heterocycles. The van der Waals surface area contributed by atoms with Gasteiger partial charge in [-0.15, -0.1) is 0 Å². The van der Waals surface area contributed by atoms with Crippen LogP contribution in [0.15, 0.2) is 36.4 Å². The topological polar surface area (TPSA) is 66.5 Å². The zero-order valence-corrected chi connectivity index (χ0v) is 18.6. The van der Waals surface area contributed by atoms with Crippen LogP contribution in [0.5, 0.6) is 0 Å². The summed E-state index contributed by atoms with van der Waals surface area (Å²) in [6.45, 7) is 9.29. The van der Waals surface area contributed by atoms with Gasteiger partial charge in [0.2, 0.25) is 15.9 Å². The van der Waals surface area contributed by atoms with Crippen LogP contribution in [0.2, 0.25) is 5.02 Å². The molecule has 2 aromatic carbocycles. The Morgan fingerprint density at radius 3 is 2.21 bits per heavy atom. The Kier molecular flexibility index (Phi) is 6.78. The van der Waals surface area contributed by atoms with E-state index in [1.165, 1.54) is 0 Å². The number of sulfonamides is 1. The Hall–Kier alpha value is -2.05. The third kappa shape index (κ3) is 5.06. The first-order valence-electron chi connectivity index (χ1n) is 9.05. The van der Waals surface area contributed by atoms with E-state index in [1.807, 2.05) is 39.8 Å². The molecule has 0 saturated heterocycles. The minimum atomic E-state index is -3.69. The first-order chi connectivity index (χ1) is 12.9. The van der Waals surface area contributed by atoms with E-state index in [0.29, 0.717) is 10.7 Å². The summed E-state index contributed by atoms with van der Waals surface area (Å²) in [7, 11) is -3.69. The molecule has 0 aliphatic carbocycles. The lowest BCUT2D eigenvalue weighted by atomic mass is 10.00. The Morgan fingerprint density at radius 2 is 1.68 bits per heavy atom. The quantitative estimate of drug-likeness (QED) is 0.754. The van der Waals surface area contributed by atoms with Crippen molar-refractivity contribution in [3.05, 3.63) is 63.7 Å². The molecule has 2 rings (SSSR count). The highest BCUT2D eigenvalue weighted by Crippen LogP contribution is 2.27. The van der Waals surface area contributed by atoms with Crippen molar-refractivity contribution in [3.63, 3.8) is 0 Å². The molecule has 152 valence electrons. The predicted molar refractivity (Wildman–Crippen MR) is 115 cm³/mol. The van der Waals surface area contributed by atoms with Crippen molar-refractivity contribution in [2.45, 2.75) is 46.7 Å². The SMILES string of the molecule is Cc1ccc([C@@H](C)NC(=O)[C@@H](C)N(c2ccc(C)c(Cl)c2)S(C)(=O)=O)c(C)c1. The van der Waals surface area contributed by atoms with Crippen molar-refractivity contribution < 1.29 is 13.2 Å². The Morgan fingerprint density at radius 1 is 1.04 bits per heavy atom. The minimum Gasteiger partial charge on any atom is -0.348 e. The molecular weight excluding hydrogens is 396 g/mol. The lowest BCUT2D eigenvalue weighted by Gasteiger charge is -2.29. The summed E-state index contributed by atoms with van der Waals surface area (Å²) in [4.78, 5) is 12.9. The Labute approximate surface area is 172 Å². The van der Waals surface area contributed by atoms with Crippen LogP contribution in [0.3, 0.4) is 0 Å². The highest BCUT2D eigenvalue weighted by molar-refractivity contribution is 7.92. The number of amides is 1. The second-order valence-corrected chi connectivity index (χ2v) is 9.53. The first kappa shape index (κ1) is 22.2. The summed E-state index contributed by atoms with van der Waals surface area (Å²) in [6, 6.07) is 9.80. The van der Waals surface area contributed by atoms with Crippen LogP contribution in [-0.2, 0) is 14.8 Å². The molecule has 0 aliphatic heterocycles. The van der Waals surface area contributed by atoms with Crippen LogP contribution in [0.1, 0.15) is 42.1 Å². The van der Waals surface area contributed by atoms with E-state index in [2.05, 4.69) is 11.4 Å². The van der Waals surface area contributed by atoms with Crippen molar-refractivity contribution in [2.75, 3.05) is 10.6 Å². The number of rotatable bonds is 6. The molecule has 1 N–H and O–H groups in total. The zero-order valence-electron chi connectivity index (χ0n) is 17.1. The van der Waals surface area contributed by atoms with Crippen LogP contribution >= 0.6 is 11.6 Å². The summed E-state index contributed by atoms with van der Waals surface area (Å²) in [5.41, 5.74) is 4.41. The highest BCUT2D eigenvalue weighted by atomic mass is 35.5. The molecule has 0 fully saturated rings. The maximum atomic E-state index is 12.9. The lowest BCUT2D eigenvalue weighted by molar-refractivity contribution is -0.122. The van der Waals surface area contributed by atoms with E-state index >= 15 is 0 Å². The van der Waals surface area contributed by atoms with Crippen LogP contribution in [0, 0.1) is 20.8 Å². The number of hydrogen-bond acceptors (Lipinski definition) is 3. The Balaban J connectivity index is 2.29. The molecule has 0 radical (unpaired) electrons. The summed E-state index contributed by atoms with van der Waals surface area (Å²) >= 11 is 6.16. The third-order valence-corrected chi connectivity index (χ3v) is 6.40. The van der Waals surface area contributed by atoms with Crippen molar-refractivity contribution in [2.24, 2.45) is 0 Å². The minimum absolute atomic E-state index is 0.251. The van der Waals surface area contributed by atoms with Gasteiger partial charge in [-0.2, -0.15) is 0 Å². The summed E-state index contributed by atoms with van der Waals surface area (Å²) in [5.74, 6) is -0.380. The normalized spacial score (nSPS) is 13.7. The second-order valence-electron chi connectivity index (χ2n) is 7.26. The molecule has 0 bridgehead atoms. The molecule has 0 unspecified atom stereocenters. The largest absolute Gasteiger partial charge is 0.348 e. The van der Waals surface area contributed by atoms with Gasteiger partial charge in [0.05, 0.1) is 18.0 Å². The number of aryl methyl sites for hydroxylation is 3. The van der Waals surface area contributed by atoms with Gasteiger partial charge in [0, 0.05) is 5.02 Å². The highest BCUT2D eigenvalue weighted by Gasteiger charge is 2.30. The molecule has 1 amide bonds. The van der Waals surface area contributed by atoms with E-state index in [1.54, 1.807) is 25.1 Å². The van der Waals surface area contributed by atoms with Gasteiger partial charge in [0.15, 0.2) is 0 Å². The number of benzene rings is 2. The van der Waals surface area contributed by atoms with Gasteiger partial charge >= 0.3 is 0 Å². The van der Waals surface area contributed by atoms with E-state index < -0.39 is 16.1 Å². The summed E-state index contributed by atoms with van der Waals surface area (Å²) < 4.78 is 25.9. The fraction of sp³-hybridized carbons (Fsp3) is 0.381. The second kappa shape index (κ2) is 8.53. The van der Waals surface area contributed by atoms with Gasteiger partial charge in [0.1, 0.15) is 6.04 Å². The zero-order chi connectivity index (χ0) is 21.2. The van der Waals surface area contributed by atoms with E-state index in [0.717, 1.165) is 32.8 Å². The summed E-state index contributed by atoms with van der Waals surface area (Å²) in [5, 5.41) is 3.37. The van der Waals surface area contributed by atoms with E-state index in [-0.39, 0.29) is 11.9 Å². The molecule has 2 aromatic rings. The van der Waals surface area contributed by atoms with Crippen molar-refractivity contribution in [1.82, 2.24) is 5.32 Å². The number of anilines is 1. The Bertz CT molecular complexity index is 989. The van der Waals surface area contributed by atoms with Crippen molar-refractivity contribution in [3.8, 4) is 0 Å². The molecule has 5 nitrogen and oxygen atoms in total. The fourth-order valence-electron chi connectivity index (χ4n) is 3.25. The maximum absolute atomic E-state index is 12.9. The van der Waals surface area contributed by atoms with Gasteiger partial charge < -0.3 is 5.32 Å². The van der Waals surface area contributed by atoms with Gasteiger partial charge in [-0.05, 0) is 63.4 Å². The molecule has 28 heavy (non-hydrogen) atoms. The average molecular weight is 423 g/mol. The van der Waals surface area contributed by atoms with Gasteiger partial charge in [-0.25, -0.2) is 8.42 Å². The maximum Gasteiger partial charge on any atom is 0.244 e. The molecular formula is C21H27ClN2O3S. The summed E-state index contributed by atoms with van der Waals surface area (Å²) in [6.07, 6.45) is 1.08. The van der Waals surface area contributed by atoms with Crippen molar-refractivity contribution >= 4 is 33.2 Å². The number of nitrogens with one attached hydrogen (secondary N) is 1. The number of nitrogens with zero attached hydrogens (tertiary/aromatic N) is 1. The molecule has 7 heteroatoms. The number of hydrogen-bond donors (Lipinski definition) is 1. The first-order valence-corrected chi connectivity index (χ1v) is 11.3. The van der Waals surface area contributed by atoms with Crippen LogP contribution < -0.4 is 9.62 Å². The standard InChI is InChI=1S/C21H27ClN2O3S/c1-13-7-10-19(15(3)11-13)16(4)23-21(25)17(5)24(28(6,26)27)18-9-8-14(2)20(22)12-18/h7-12,16-17H,1-6H3,(H,23,25)/t16-,17-/m1/s1. The van der Waals surface area contributed by atoms with Crippen LogP contribution in [0.4, 0.5) is 5.69 Å². The average Bonchev–Trinajstić information content (AvgIpc) is 2.56. The fourth-order valence-corrected chi connectivity index (χ4v) is 4.59. The molecule has 0 saturated carbocycles. The van der Waals surface area contributed by atoms with Crippen LogP contribution in [-0.4, -0.2) is 26.6 Å². The van der Waals surface area contributed by atoms with Gasteiger partial charge in [-0.1, -0.05) is 41.4 Å².